The van der Waals surface area contributed by atoms with E-state index in [1.165, 1.54) is 16.7 Å². The molecular weight excluding hydrogens is 376 g/mol. The number of aryl methyl sites for hydroxylation is 2. The van der Waals surface area contributed by atoms with Gasteiger partial charge in [-0.15, -0.1) is 0 Å². The number of nitrogens with one attached hydrogen (secondary N) is 1. The van der Waals surface area contributed by atoms with Crippen LogP contribution in [0.1, 0.15) is 56.3 Å². The average Bonchev–Trinajstić information content (AvgIpc) is 3.08. The number of piperazine rings is 1. The highest BCUT2D eigenvalue weighted by molar-refractivity contribution is 5.79. The van der Waals surface area contributed by atoms with Gasteiger partial charge in [0.25, 0.3) is 0 Å². The van der Waals surface area contributed by atoms with Crippen molar-refractivity contribution in [3.63, 3.8) is 0 Å². The lowest BCUT2D eigenvalue weighted by Crippen LogP contribution is -2.54. The van der Waals surface area contributed by atoms with Crippen molar-refractivity contribution in [3.05, 3.63) is 34.9 Å². The summed E-state index contributed by atoms with van der Waals surface area (Å²) in [6, 6.07) is 7.08. The molecule has 1 aromatic carbocycles. The van der Waals surface area contributed by atoms with Gasteiger partial charge in [0.15, 0.2) is 0 Å². The highest BCUT2D eigenvalue weighted by Crippen LogP contribution is 2.32. The fourth-order valence-electron chi connectivity index (χ4n) is 4.69. The largest absolute Gasteiger partial charge is 0.350 e. The summed E-state index contributed by atoms with van der Waals surface area (Å²) in [6.07, 6.45) is 2.26. The molecule has 1 N–H and O–H groups in total. The van der Waals surface area contributed by atoms with E-state index in [0.29, 0.717) is 32.2 Å². The maximum Gasteiger partial charge on any atom is 0.236 e. The molecule has 0 aromatic heterocycles. The van der Waals surface area contributed by atoms with Crippen LogP contribution in [-0.2, 0) is 9.59 Å². The lowest BCUT2D eigenvalue weighted by molar-refractivity contribution is -0.134. The van der Waals surface area contributed by atoms with Crippen LogP contribution in [0.2, 0.25) is 0 Å². The quantitative estimate of drug-likeness (QED) is 0.804. The highest BCUT2D eigenvalue weighted by atomic mass is 16.2. The van der Waals surface area contributed by atoms with Crippen molar-refractivity contribution in [2.45, 2.75) is 59.0 Å². The van der Waals surface area contributed by atoms with E-state index in [1.807, 2.05) is 25.7 Å². The molecule has 2 aliphatic heterocycles. The van der Waals surface area contributed by atoms with Gasteiger partial charge in [0.2, 0.25) is 11.8 Å². The van der Waals surface area contributed by atoms with Crippen molar-refractivity contribution < 1.29 is 9.59 Å². The summed E-state index contributed by atoms with van der Waals surface area (Å²) in [5.74, 6) is 0.265. The molecule has 3 rings (SSSR count). The minimum absolute atomic E-state index is 0.0515. The zero-order valence-corrected chi connectivity index (χ0v) is 19.3. The highest BCUT2D eigenvalue weighted by Gasteiger charge is 2.30. The second-order valence-corrected chi connectivity index (χ2v) is 10.0. The number of carbonyl (C=O) groups excluding carboxylic acids is 2. The maximum atomic E-state index is 13.0. The molecule has 166 valence electrons. The normalized spacial score (nSPS) is 21.1. The molecule has 0 radical (unpaired) electrons. The van der Waals surface area contributed by atoms with Crippen molar-refractivity contribution >= 4 is 11.8 Å². The van der Waals surface area contributed by atoms with E-state index < -0.39 is 0 Å². The second kappa shape index (κ2) is 9.48. The Balaban J connectivity index is 1.50. The summed E-state index contributed by atoms with van der Waals surface area (Å²) in [5.41, 5.74) is 3.70. The van der Waals surface area contributed by atoms with Crippen molar-refractivity contribution in [2.75, 3.05) is 45.8 Å². The molecular formula is C24H38N4O2. The third-order valence-corrected chi connectivity index (χ3v) is 5.94. The smallest absolute Gasteiger partial charge is 0.236 e. The second-order valence-electron chi connectivity index (χ2n) is 10.0. The summed E-state index contributed by atoms with van der Waals surface area (Å²) in [5, 5.41) is 3.01. The van der Waals surface area contributed by atoms with E-state index in [2.05, 4.69) is 47.2 Å². The predicted molar refractivity (Wildman–Crippen MR) is 120 cm³/mol. The summed E-state index contributed by atoms with van der Waals surface area (Å²) in [6.45, 7) is 15.0. The molecule has 0 aliphatic carbocycles. The minimum atomic E-state index is -0.211. The van der Waals surface area contributed by atoms with Crippen molar-refractivity contribution in [1.82, 2.24) is 20.0 Å². The van der Waals surface area contributed by atoms with Crippen molar-refractivity contribution in [3.8, 4) is 0 Å². The zero-order valence-electron chi connectivity index (χ0n) is 19.3. The van der Waals surface area contributed by atoms with Crippen LogP contribution in [0.5, 0.6) is 0 Å². The van der Waals surface area contributed by atoms with Gasteiger partial charge in [0.05, 0.1) is 13.1 Å². The van der Waals surface area contributed by atoms with Crippen LogP contribution >= 0.6 is 0 Å². The molecule has 6 heteroatoms. The molecule has 0 bridgehead atoms. The first kappa shape index (κ1) is 22.8. The van der Waals surface area contributed by atoms with Crippen LogP contribution in [0.15, 0.2) is 18.2 Å². The first-order chi connectivity index (χ1) is 14.1. The molecule has 2 fully saturated rings. The lowest BCUT2D eigenvalue weighted by Gasteiger charge is -2.36. The molecule has 2 aliphatic rings. The Labute approximate surface area is 181 Å². The number of benzene rings is 1. The van der Waals surface area contributed by atoms with Crippen LogP contribution in [0.25, 0.3) is 0 Å². The third kappa shape index (κ3) is 6.29. The molecule has 1 aromatic rings. The van der Waals surface area contributed by atoms with Gasteiger partial charge in [-0.1, -0.05) is 29.3 Å². The number of rotatable bonds is 5. The molecule has 30 heavy (non-hydrogen) atoms. The summed E-state index contributed by atoms with van der Waals surface area (Å²) in [4.78, 5) is 31.6. The molecule has 2 saturated heterocycles. The number of amides is 2. The van der Waals surface area contributed by atoms with E-state index in [0.717, 1.165) is 32.5 Å². The van der Waals surface area contributed by atoms with E-state index in [9.17, 15) is 9.59 Å². The fraction of sp³-hybridized carbons (Fsp3) is 0.667. The predicted octanol–water partition coefficient (Wildman–Crippen LogP) is 2.50. The summed E-state index contributed by atoms with van der Waals surface area (Å²) in [7, 11) is 0. The Morgan fingerprint density at radius 2 is 1.60 bits per heavy atom. The Morgan fingerprint density at radius 3 is 2.20 bits per heavy atom. The van der Waals surface area contributed by atoms with Gasteiger partial charge < -0.3 is 10.2 Å². The van der Waals surface area contributed by atoms with Gasteiger partial charge in [0, 0.05) is 37.8 Å². The van der Waals surface area contributed by atoms with Gasteiger partial charge in [-0.3, -0.25) is 19.4 Å². The molecule has 2 amide bonds. The van der Waals surface area contributed by atoms with Crippen molar-refractivity contribution in [1.29, 1.82) is 0 Å². The zero-order chi connectivity index (χ0) is 21.9. The Hall–Kier alpha value is -1.92. The van der Waals surface area contributed by atoms with Gasteiger partial charge >= 0.3 is 0 Å². The van der Waals surface area contributed by atoms with E-state index in [4.69, 9.17) is 0 Å². The van der Waals surface area contributed by atoms with Crippen LogP contribution in [0.4, 0.5) is 0 Å². The fourth-order valence-corrected chi connectivity index (χ4v) is 4.69. The average molecular weight is 415 g/mol. The molecule has 1 unspecified atom stereocenters. The van der Waals surface area contributed by atoms with Crippen LogP contribution in [0.3, 0.4) is 0 Å². The monoisotopic (exact) mass is 414 g/mol. The van der Waals surface area contributed by atoms with E-state index >= 15 is 0 Å². The number of carbonyl (C=O) groups is 2. The molecule has 0 spiro atoms. The Morgan fingerprint density at radius 1 is 0.967 bits per heavy atom. The van der Waals surface area contributed by atoms with Gasteiger partial charge in [0.1, 0.15) is 0 Å². The SMILES string of the molecule is Cc1cc(C)cc(C2CCCN2CC(=O)N2CCN(CC(=O)NC(C)(C)C)CC2)c1. The Bertz CT molecular complexity index is 743. The lowest BCUT2D eigenvalue weighted by atomic mass is 9.99. The van der Waals surface area contributed by atoms with Crippen molar-refractivity contribution in [2.24, 2.45) is 0 Å². The first-order valence-electron chi connectivity index (χ1n) is 11.2. The third-order valence-electron chi connectivity index (χ3n) is 5.94. The molecule has 2 heterocycles. The maximum absolute atomic E-state index is 13.0. The first-order valence-corrected chi connectivity index (χ1v) is 11.2. The topological polar surface area (TPSA) is 55.9 Å². The van der Waals surface area contributed by atoms with E-state index in [-0.39, 0.29) is 17.4 Å². The Kier molecular flexibility index (Phi) is 7.19. The molecule has 1 atom stereocenters. The number of nitrogens with zero attached hydrogens (tertiary/aromatic N) is 3. The number of hydrogen-bond donors (Lipinski definition) is 1. The molecule has 0 saturated carbocycles. The minimum Gasteiger partial charge on any atom is -0.350 e. The number of likely N-dealkylation sites (tertiary alicyclic amines) is 1. The van der Waals surface area contributed by atoms with Gasteiger partial charge in [-0.05, 0) is 59.6 Å². The van der Waals surface area contributed by atoms with E-state index in [1.54, 1.807) is 0 Å². The van der Waals surface area contributed by atoms with Crippen LogP contribution in [0, 0.1) is 13.8 Å². The molecule has 6 nitrogen and oxygen atoms in total. The standard InChI is InChI=1S/C24H38N4O2/c1-18-13-19(2)15-20(14-18)21-7-6-8-28(21)17-23(30)27-11-9-26(10-12-27)16-22(29)25-24(3,4)5/h13-15,21H,6-12,16-17H2,1-5H3,(H,25,29). The number of hydrogen-bond acceptors (Lipinski definition) is 4. The summed E-state index contributed by atoms with van der Waals surface area (Å²) >= 11 is 0. The van der Waals surface area contributed by atoms with Crippen LogP contribution < -0.4 is 5.32 Å². The summed E-state index contributed by atoms with van der Waals surface area (Å²) < 4.78 is 0. The van der Waals surface area contributed by atoms with Gasteiger partial charge in [-0.2, -0.15) is 0 Å². The van der Waals surface area contributed by atoms with Crippen LogP contribution in [-0.4, -0.2) is 77.9 Å². The van der Waals surface area contributed by atoms with Gasteiger partial charge in [-0.25, -0.2) is 0 Å².